The standard InChI is InChI=1S/C50H31N3/c1-2-12-36-28-39(25-20-32(36)10-1)40-26-27-47-43(30-40)44-29-37-13-3-4-14-38(37)31-48(44)53(47)50-49(51-45-18-7-8-19-46(45)52-50)35-23-21-34(22-24-35)42-17-9-15-33-11-5-6-16-41(33)42/h1-31H. The lowest BCUT2D eigenvalue weighted by molar-refractivity contribution is 1.08. The molecule has 0 aliphatic heterocycles. The van der Waals surface area contributed by atoms with Gasteiger partial charge in [-0.3, -0.25) is 4.57 Å². The lowest BCUT2D eigenvalue weighted by atomic mass is 9.97. The molecule has 0 aliphatic carbocycles. The van der Waals surface area contributed by atoms with Gasteiger partial charge in [0.15, 0.2) is 5.82 Å². The Labute approximate surface area is 306 Å². The molecule has 9 aromatic carbocycles. The minimum atomic E-state index is 0.815. The highest BCUT2D eigenvalue weighted by Crippen LogP contribution is 2.40. The minimum absolute atomic E-state index is 0.815. The first kappa shape index (κ1) is 29.6. The van der Waals surface area contributed by atoms with Crippen molar-refractivity contribution in [1.29, 1.82) is 0 Å². The smallest absolute Gasteiger partial charge is 0.165 e. The number of hydrogen-bond donors (Lipinski definition) is 0. The predicted molar refractivity (Wildman–Crippen MR) is 223 cm³/mol. The first-order valence-corrected chi connectivity index (χ1v) is 18.1. The first-order chi connectivity index (χ1) is 26.2. The van der Waals surface area contributed by atoms with Crippen LogP contribution in [0, 0.1) is 0 Å². The summed E-state index contributed by atoms with van der Waals surface area (Å²) in [5.74, 6) is 0.815. The van der Waals surface area contributed by atoms with E-state index in [0.717, 1.165) is 39.1 Å². The fourth-order valence-corrected chi connectivity index (χ4v) is 8.11. The molecule has 0 bridgehead atoms. The Balaban J connectivity index is 1.16. The van der Waals surface area contributed by atoms with Crippen LogP contribution in [0.15, 0.2) is 188 Å². The highest BCUT2D eigenvalue weighted by molar-refractivity contribution is 6.15. The van der Waals surface area contributed by atoms with Gasteiger partial charge in [0.2, 0.25) is 0 Å². The normalized spacial score (nSPS) is 11.8. The number of rotatable bonds is 4. The molecular weight excluding hydrogens is 643 g/mol. The van der Waals surface area contributed by atoms with E-state index in [-0.39, 0.29) is 0 Å². The second-order valence-corrected chi connectivity index (χ2v) is 13.8. The van der Waals surface area contributed by atoms with Crippen LogP contribution in [0.25, 0.3) is 104 Å². The second-order valence-electron chi connectivity index (χ2n) is 13.8. The Kier molecular flexibility index (Phi) is 6.55. The summed E-state index contributed by atoms with van der Waals surface area (Å²) < 4.78 is 2.33. The Bertz CT molecular complexity index is 3220. The molecular formula is C50H31N3. The van der Waals surface area contributed by atoms with Gasteiger partial charge in [-0.2, -0.15) is 0 Å². The van der Waals surface area contributed by atoms with Crippen molar-refractivity contribution >= 4 is 65.2 Å². The van der Waals surface area contributed by atoms with Crippen molar-refractivity contribution in [3.8, 4) is 39.3 Å². The maximum Gasteiger partial charge on any atom is 0.165 e. The molecule has 246 valence electrons. The molecule has 0 unspecified atom stereocenters. The van der Waals surface area contributed by atoms with Crippen LogP contribution in [0.3, 0.4) is 0 Å². The van der Waals surface area contributed by atoms with E-state index >= 15 is 0 Å². The third kappa shape index (κ3) is 4.82. The molecule has 0 saturated carbocycles. The molecule has 0 fully saturated rings. The topological polar surface area (TPSA) is 30.7 Å². The number of hydrogen-bond acceptors (Lipinski definition) is 2. The third-order valence-corrected chi connectivity index (χ3v) is 10.7. The van der Waals surface area contributed by atoms with Crippen LogP contribution >= 0.6 is 0 Å². The van der Waals surface area contributed by atoms with Gasteiger partial charge in [0, 0.05) is 16.3 Å². The Morgan fingerprint density at radius 3 is 1.70 bits per heavy atom. The molecule has 0 aliphatic rings. The molecule has 0 radical (unpaired) electrons. The highest BCUT2D eigenvalue weighted by atomic mass is 15.1. The Morgan fingerprint density at radius 2 is 0.887 bits per heavy atom. The predicted octanol–water partition coefficient (Wildman–Crippen LogP) is 13.2. The van der Waals surface area contributed by atoms with E-state index in [1.165, 1.54) is 65.3 Å². The molecule has 2 aromatic heterocycles. The second kappa shape index (κ2) is 11.7. The SMILES string of the molecule is c1ccc2cc(-c3ccc4c(c3)c3cc5ccccc5cc3n4-c3nc4ccccc4nc3-c3ccc(-c4cccc5ccccc45)cc3)ccc2c1. The molecule has 0 spiro atoms. The van der Waals surface area contributed by atoms with Gasteiger partial charge in [-0.15, -0.1) is 0 Å². The average Bonchev–Trinajstić information content (AvgIpc) is 3.54. The van der Waals surface area contributed by atoms with Crippen molar-refractivity contribution in [2.75, 3.05) is 0 Å². The maximum atomic E-state index is 5.41. The van der Waals surface area contributed by atoms with Crippen molar-refractivity contribution in [3.05, 3.63) is 188 Å². The van der Waals surface area contributed by atoms with Crippen LogP contribution in [0.4, 0.5) is 0 Å². The molecule has 11 aromatic rings. The summed E-state index contributed by atoms with van der Waals surface area (Å²) >= 11 is 0. The summed E-state index contributed by atoms with van der Waals surface area (Å²) in [6.45, 7) is 0. The summed E-state index contributed by atoms with van der Waals surface area (Å²) in [5.41, 5.74) is 10.6. The van der Waals surface area contributed by atoms with E-state index in [0.29, 0.717) is 0 Å². The van der Waals surface area contributed by atoms with Gasteiger partial charge in [-0.25, -0.2) is 9.97 Å². The molecule has 0 saturated heterocycles. The number of benzene rings is 9. The monoisotopic (exact) mass is 673 g/mol. The van der Waals surface area contributed by atoms with E-state index in [4.69, 9.17) is 9.97 Å². The van der Waals surface area contributed by atoms with Gasteiger partial charge >= 0.3 is 0 Å². The molecule has 0 N–H and O–H groups in total. The molecule has 0 amide bonds. The van der Waals surface area contributed by atoms with Crippen LogP contribution in [0.2, 0.25) is 0 Å². The zero-order chi connectivity index (χ0) is 34.9. The Hall–Kier alpha value is -7.10. The lowest BCUT2D eigenvalue weighted by Crippen LogP contribution is -2.03. The average molecular weight is 674 g/mol. The molecule has 3 heteroatoms. The highest BCUT2D eigenvalue weighted by Gasteiger charge is 2.21. The summed E-state index contributed by atoms with van der Waals surface area (Å²) in [4.78, 5) is 10.8. The summed E-state index contributed by atoms with van der Waals surface area (Å²) in [7, 11) is 0. The van der Waals surface area contributed by atoms with Gasteiger partial charge in [0.05, 0.1) is 22.1 Å². The summed E-state index contributed by atoms with van der Waals surface area (Å²) in [6.07, 6.45) is 0. The van der Waals surface area contributed by atoms with E-state index < -0.39 is 0 Å². The number of fused-ring (bicyclic) bond motifs is 7. The van der Waals surface area contributed by atoms with Crippen LogP contribution in [-0.2, 0) is 0 Å². The molecule has 3 nitrogen and oxygen atoms in total. The van der Waals surface area contributed by atoms with Crippen molar-refractivity contribution in [1.82, 2.24) is 14.5 Å². The van der Waals surface area contributed by atoms with Gasteiger partial charge in [-0.05, 0) is 97.0 Å². The van der Waals surface area contributed by atoms with Gasteiger partial charge < -0.3 is 0 Å². The van der Waals surface area contributed by atoms with Crippen molar-refractivity contribution in [2.24, 2.45) is 0 Å². The number of para-hydroxylation sites is 2. The molecule has 2 heterocycles. The Morgan fingerprint density at radius 1 is 0.321 bits per heavy atom. The summed E-state index contributed by atoms with van der Waals surface area (Å²) in [5, 5.41) is 9.73. The minimum Gasteiger partial charge on any atom is -0.292 e. The van der Waals surface area contributed by atoms with E-state index in [1.54, 1.807) is 0 Å². The summed E-state index contributed by atoms with van der Waals surface area (Å²) in [6, 6.07) is 67.5. The number of aromatic nitrogens is 3. The van der Waals surface area contributed by atoms with Crippen LogP contribution in [0.1, 0.15) is 0 Å². The van der Waals surface area contributed by atoms with Crippen LogP contribution in [0.5, 0.6) is 0 Å². The van der Waals surface area contributed by atoms with E-state index in [2.05, 4.69) is 180 Å². The number of nitrogens with zero attached hydrogens (tertiary/aromatic N) is 3. The third-order valence-electron chi connectivity index (χ3n) is 10.7. The van der Waals surface area contributed by atoms with E-state index in [1.807, 2.05) is 12.1 Å². The zero-order valence-corrected chi connectivity index (χ0v) is 28.7. The van der Waals surface area contributed by atoms with Crippen molar-refractivity contribution in [3.63, 3.8) is 0 Å². The fraction of sp³-hybridized carbons (Fsp3) is 0. The van der Waals surface area contributed by atoms with E-state index in [9.17, 15) is 0 Å². The maximum absolute atomic E-state index is 5.41. The quantitative estimate of drug-likeness (QED) is 0.186. The van der Waals surface area contributed by atoms with Crippen LogP contribution in [-0.4, -0.2) is 14.5 Å². The molecule has 0 atom stereocenters. The first-order valence-electron chi connectivity index (χ1n) is 18.1. The van der Waals surface area contributed by atoms with Gasteiger partial charge in [-0.1, -0.05) is 146 Å². The van der Waals surface area contributed by atoms with Gasteiger partial charge in [0.25, 0.3) is 0 Å². The molecule has 53 heavy (non-hydrogen) atoms. The van der Waals surface area contributed by atoms with Crippen molar-refractivity contribution in [2.45, 2.75) is 0 Å². The lowest BCUT2D eigenvalue weighted by Gasteiger charge is -2.15. The fourth-order valence-electron chi connectivity index (χ4n) is 8.11. The van der Waals surface area contributed by atoms with Crippen molar-refractivity contribution < 1.29 is 0 Å². The van der Waals surface area contributed by atoms with Gasteiger partial charge in [0.1, 0.15) is 5.69 Å². The molecule has 11 rings (SSSR count). The largest absolute Gasteiger partial charge is 0.292 e. The van der Waals surface area contributed by atoms with Crippen LogP contribution < -0.4 is 0 Å². The zero-order valence-electron chi connectivity index (χ0n) is 28.7.